The summed E-state index contributed by atoms with van der Waals surface area (Å²) in [5, 5.41) is 0. The minimum atomic E-state index is -0.761. The largest absolute Gasteiger partial charge is 0.462 e. The molecule has 0 N–H and O–H groups in total. The quantitative estimate of drug-likeness (QED) is 0.0345. The molecule has 0 aromatic carbocycles. The fourth-order valence-corrected chi connectivity index (χ4v) is 8.17. The molecule has 0 spiro atoms. The molecule has 0 unspecified atom stereocenters. The Hall–Kier alpha value is -1.59. The van der Waals surface area contributed by atoms with E-state index in [1.165, 1.54) is 186 Å². The van der Waals surface area contributed by atoms with Crippen LogP contribution in [0.1, 0.15) is 298 Å². The molecule has 1 atom stereocenters. The van der Waals surface area contributed by atoms with E-state index in [-0.39, 0.29) is 31.1 Å². The highest BCUT2D eigenvalue weighted by Gasteiger charge is 2.19. The van der Waals surface area contributed by atoms with Gasteiger partial charge in [-0.25, -0.2) is 0 Å². The predicted octanol–water partition coefficient (Wildman–Crippen LogP) is 17.3. The van der Waals surface area contributed by atoms with Crippen LogP contribution in [0.2, 0.25) is 0 Å². The summed E-state index contributed by atoms with van der Waals surface area (Å²) in [6.45, 7) is 11.4. The first-order valence-electron chi connectivity index (χ1n) is 26.7. The molecule has 0 saturated carbocycles. The number of hydrogen-bond donors (Lipinski definition) is 0. The molecule has 0 aliphatic heterocycles. The highest BCUT2D eigenvalue weighted by atomic mass is 16.6. The van der Waals surface area contributed by atoms with Crippen molar-refractivity contribution in [1.29, 1.82) is 0 Å². The zero-order chi connectivity index (χ0) is 44.0. The van der Waals surface area contributed by atoms with Gasteiger partial charge in [0.25, 0.3) is 0 Å². The Morgan fingerprint density at radius 2 is 0.550 bits per heavy atom. The van der Waals surface area contributed by atoms with Gasteiger partial charge in [0.15, 0.2) is 6.10 Å². The number of esters is 3. The van der Waals surface area contributed by atoms with E-state index >= 15 is 0 Å². The SMILES string of the molecule is CCCCCCCCCCCC(=O)O[C@H](COC(=O)CCCCCCCCCCCCCCCCCC(C)C)COC(=O)CCCCCCCCCCCCCCC(C)C. The molecule has 0 aliphatic carbocycles. The van der Waals surface area contributed by atoms with Gasteiger partial charge in [-0.15, -0.1) is 0 Å². The Morgan fingerprint density at radius 1 is 0.317 bits per heavy atom. The normalized spacial score (nSPS) is 12.1. The summed E-state index contributed by atoms with van der Waals surface area (Å²) in [7, 11) is 0. The molecule has 6 heteroatoms. The number of ether oxygens (including phenoxy) is 3. The summed E-state index contributed by atoms with van der Waals surface area (Å²) in [5.74, 6) is 0.835. The number of rotatable bonds is 48. The van der Waals surface area contributed by atoms with E-state index in [2.05, 4.69) is 34.6 Å². The zero-order valence-corrected chi connectivity index (χ0v) is 41.1. The Kier molecular flexibility index (Phi) is 45.7. The van der Waals surface area contributed by atoms with Crippen molar-refractivity contribution in [3.8, 4) is 0 Å². The maximum absolute atomic E-state index is 12.7. The summed E-state index contributed by atoms with van der Waals surface area (Å²) in [6, 6.07) is 0. The molecule has 6 nitrogen and oxygen atoms in total. The van der Waals surface area contributed by atoms with Crippen molar-refractivity contribution < 1.29 is 28.6 Å². The number of hydrogen-bond acceptors (Lipinski definition) is 6. The second-order valence-electron chi connectivity index (χ2n) is 19.5. The average Bonchev–Trinajstić information content (AvgIpc) is 3.22. The van der Waals surface area contributed by atoms with Crippen molar-refractivity contribution in [3.05, 3.63) is 0 Å². The molecule has 0 bridgehead atoms. The van der Waals surface area contributed by atoms with Gasteiger partial charge in [0, 0.05) is 19.3 Å². The van der Waals surface area contributed by atoms with Crippen LogP contribution in [-0.4, -0.2) is 37.2 Å². The van der Waals surface area contributed by atoms with Crippen LogP contribution in [0, 0.1) is 11.8 Å². The number of carbonyl (C=O) groups is 3. The molecule has 356 valence electrons. The van der Waals surface area contributed by atoms with Crippen LogP contribution in [0.5, 0.6) is 0 Å². The lowest BCUT2D eigenvalue weighted by Crippen LogP contribution is -2.30. The second-order valence-corrected chi connectivity index (χ2v) is 19.5. The molecule has 0 amide bonds. The average molecular weight is 849 g/mol. The topological polar surface area (TPSA) is 78.9 Å². The van der Waals surface area contributed by atoms with Crippen molar-refractivity contribution in [3.63, 3.8) is 0 Å². The third-order valence-electron chi connectivity index (χ3n) is 12.2. The van der Waals surface area contributed by atoms with E-state index in [0.29, 0.717) is 19.3 Å². The van der Waals surface area contributed by atoms with E-state index in [4.69, 9.17) is 14.2 Å². The Bertz CT molecular complexity index is 916. The van der Waals surface area contributed by atoms with Gasteiger partial charge in [0.2, 0.25) is 0 Å². The van der Waals surface area contributed by atoms with Crippen molar-refractivity contribution in [2.24, 2.45) is 11.8 Å². The van der Waals surface area contributed by atoms with Gasteiger partial charge in [-0.1, -0.05) is 259 Å². The summed E-state index contributed by atoms with van der Waals surface area (Å²) < 4.78 is 16.8. The molecule has 0 radical (unpaired) electrons. The van der Waals surface area contributed by atoms with E-state index in [0.717, 1.165) is 69.6 Å². The van der Waals surface area contributed by atoms with Crippen LogP contribution in [-0.2, 0) is 28.6 Å². The monoisotopic (exact) mass is 849 g/mol. The molecule has 0 aromatic rings. The van der Waals surface area contributed by atoms with Crippen LogP contribution >= 0.6 is 0 Å². The summed E-state index contributed by atoms with van der Waals surface area (Å²) in [6.07, 6.45) is 48.1. The summed E-state index contributed by atoms with van der Waals surface area (Å²) in [4.78, 5) is 37.9. The van der Waals surface area contributed by atoms with Crippen LogP contribution in [0.25, 0.3) is 0 Å². The fraction of sp³-hybridized carbons (Fsp3) is 0.944. The van der Waals surface area contributed by atoms with Crippen molar-refractivity contribution in [2.75, 3.05) is 13.2 Å². The third kappa shape index (κ3) is 47.5. The molecule has 0 rings (SSSR count). The van der Waals surface area contributed by atoms with Gasteiger partial charge in [-0.3, -0.25) is 14.4 Å². The molecule has 0 aliphatic rings. The first-order valence-corrected chi connectivity index (χ1v) is 26.7. The summed E-state index contributed by atoms with van der Waals surface area (Å²) >= 11 is 0. The minimum absolute atomic E-state index is 0.0634. The highest BCUT2D eigenvalue weighted by molar-refractivity contribution is 5.71. The standard InChI is InChI=1S/C54H104O6/c1-6-7-8-9-10-22-31-36-41-46-54(57)60-51(48-59-53(56)45-40-35-30-26-21-17-16-19-24-28-33-38-43-50(4)5)47-58-52(55)44-39-34-29-25-20-15-13-11-12-14-18-23-27-32-37-42-49(2)3/h49-51H,6-48H2,1-5H3/t51-/m1/s1. The van der Waals surface area contributed by atoms with Crippen LogP contribution < -0.4 is 0 Å². The van der Waals surface area contributed by atoms with E-state index < -0.39 is 6.10 Å². The fourth-order valence-electron chi connectivity index (χ4n) is 8.17. The molecular formula is C54H104O6. The van der Waals surface area contributed by atoms with Gasteiger partial charge in [-0.05, 0) is 31.1 Å². The minimum Gasteiger partial charge on any atom is -0.462 e. The van der Waals surface area contributed by atoms with Gasteiger partial charge in [0.1, 0.15) is 13.2 Å². The molecule has 0 fully saturated rings. The molecule has 0 aromatic heterocycles. The maximum Gasteiger partial charge on any atom is 0.306 e. The van der Waals surface area contributed by atoms with Crippen LogP contribution in [0.4, 0.5) is 0 Å². The Labute approximate surface area is 374 Å². The van der Waals surface area contributed by atoms with Gasteiger partial charge in [-0.2, -0.15) is 0 Å². The predicted molar refractivity (Wildman–Crippen MR) is 256 cm³/mol. The molecule has 0 heterocycles. The molecule has 60 heavy (non-hydrogen) atoms. The van der Waals surface area contributed by atoms with E-state index in [9.17, 15) is 14.4 Å². The molecular weight excluding hydrogens is 745 g/mol. The maximum atomic E-state index is 12.7. The van der Waals surface area contributed by atoms with Crippen molar-refractivity contribution in [2.45, 2.75) is 304 Å². The van der Waals surface area contributed by atoms with Gasteiger partial charge >= 0.3 is 17.9 Å². The van der Waals surface area contributed by atoms with Crippen molar-refractivity contribution >= 4 is 17.9 Å². The van der Waals surface area contributed by atoms with Crippen LogP contribution in [0.3, 0.4) is 0 Å². The highest BCUT2D eigenvalue weighted by Crippen LogP contribution is 2.18. The zero-order valence-electron chi connectivity index (χ0n) is 41.1. The van der Waals surface area contributed by atoms with Crippen molar-refractivity contribution in [1.82, 2.24) is 0 Å². The Morgan fingerprint density at radius 3 is 0.817 bits per heavy atom. The lowest BCUT2D eigenvalue weighted by Gasteiger charge is -2.18. The number of unbranched alkanes of at least 4 members (excludes halogenated alkanes) is 33. The summed E-state index contributed by atoms with van der Waals surface area (Å²) in [5.41, 5.74) is 0. The Balaban J connectivity index is 4.21. The van der Waals surface area contributed by atoms with Crippen LogP contribution in [0.15, 0.2) is 0 Å². The first-order chi connectivity index (χ1) is 29.2. The van der Waals surface area contributed by atoms with E-state index in [1.54, 1.807) is 0 Å². The van der Waals surface area contributed by atoms with Gasteiger partial charge < -0.3 is 14.2 Å². The van der Waals surface area contributed by atoms with Gasteiger partial charge in [0.05, 0.1) is 0 Å². The smallest absolute Gasteiger partial charge is 0.306 e. The first kappa shape index (κ1) is 58.4. The van der Waals surface area contributed by atoms with E-state index in [1.807, 2.05) is 0 Å². The third-order valence-corrected chi connectivity index (χ3v) is 12.2. The lowest BCUT2D eigenvalue weighted by atomic mass is 10.0. The molecule has 0 saturated heterocycles. The number of carbonyl (C=O) groups excluding carboxylic acids is 3. The second kappa shape index (κ2) is 46.9. The lowest BCUT2D eigenvalue weighted by molar-refractivity contribution is -0.167.